The van der Waals surface area contributed by atoms with E-state index in [9.17, 15) is 13.5 Å². The van der Waals surface area contributed by atoms with Gasteiger partial charge in [-0.05, 0) is 36.4 Å². The van der Waals surface area contributed by atoms with Gasteiger partial charge in [0.15, 0.2) is 0 Å². The maximum Gasteiger partial charge on any atom is 0.229 e. The molecule has 0 heterocycles. The van der Waals surface area contributed by atoms with Crippen molar-refractivity contribution in [2.45, 2.75) is 4.90 Å². The van der Waals surface area contributed by atoms with Gasteiger partial charge >= 0.3 is 0 Å². The molecule has 0 aliphatic heterocycles. The van der Waals surface area contributed by atoms with Crippen molar-refractivity contribution in [2.75, 3.05) is 17.2 Å². The molecule has 0 amide bonds. The first kappa shape index (κ1) is 16.4. The SMILES string of the molecule is CSc1cccc(N=C([O-])c2ccccc2NS(C)(=O)=O)c1. The van der Waals surface area contributed by atoms with Gasteiger partial charge in [0, 0.05) is 10.5 Å². The zero-order valence-electron chi connectivity index (χ0n) is 12.1. The van der Waals surface area contributed by atoms with Crippen molar-refractivity contribution in [3.63, 3.8) is 0 Å². The topological polar surface area (TPSA) is 81.6 Å². The average Bonchev–Trinajstić information content (AvgIpc) is 2.46. The Hall–Kier alpha value is -1.99. The van der Waals surface area contributed by atoms with E-state index in [4.69, 9.17) is 0 Å². The highest BCUT2D eigenvalue weighted by Crippen LogP contribution is 2.23. The average molecular weight is 335 g/mol. The molecule has 2 rings (SSSR count). The molecule has 0 aliphatic rings. The van der Waals surface area contributed by atoms with Gasteiger partial charge in [0.05, 0.1) is 17.6 Å². The van der Waals surface area contributed by atoms with E-state index >= 15 is 0 Å². The van der Waals surface area contributed by atoms with Crippen molar-refractivity contribution in [2.24, 2.45) is 4.99 Å². The molecule has 0 radical (unpaired) electrons. The molecule has 7 heteroatoms. The van der Waals surface area contributed by atoms with Crippen LogP contribution >= 0.6 is 11.8 Å². The predicted octanol–water partition coefficient (Wildman–Crippen LogP) is 2.22. The molecule has 0 saturated carbocycles. The van der Waals surface area contributed by atoms with Crippen LogP contribution in [0.25, 0.3) is 0 Å². The number of hydrogen-bond acceptors (Lipinski definition) is 5. The van der Waals surface area contributed by atoms with Crippen molar-refractivity contribution in [1.82, 2.24) is 0 Å². The minimum absolute atomic E-state index is 0.211. The van der Waals surface area contributed by atoms with Crippen LogP contribution in [0.15, 0.2) is 58.4 Å². The van der Waals surface area contributed by atoms with Gasteiger partial charge in [0.25, 0.3) is 0 Å². The zero-order valence-corrected chi connectivity index (χ0v) is 13.7. The highest BCUT2D eigenvalue weighted by Gasteiger charge is 2.07. The third-order valence-electron chi connectivity index (χ3n) is 2.74. The van der Waals surface area contributed by atoms with Crippen LogP contribution in [-0.2, 0) is 10.0 Å². The smallest absolute Gasteiger partial charge is 0.229 e. The number of benzene rings is 2. The number of nitrogens with zero attached hydrogens (tertiary/aromatic N) is 1. The number of aliphatic imine (C=N–C) groups is 1. The molecular weight excluding hydrogens is 320 g/mol. The fourth-order valence-corrected chi connectivity index (χ4v) is 2.85. The normalized spacial score (nSPS) is 12.2. The molecule has 0 spiro atoms. The van der Waals surface area contributed by atoms with E-state index < -0.39 is 15.9 Å². The van der Waals surface area contributed by atoms with Crippen molar-refractivity contribution in [3.05, 3.63) is 54.1 Å². The van der Waals surface area contributed by atoms with E-state index in [1.54, 1.807) is 36.0 Å². The lowest BCUT2D eigenvalue weighted by Crippen LogP contribution is -2.21. The largest absolute Gasteiger partial charge is 0.858 e. The Morgan fingerprint density at radius 2 is 1.91 bits per heavy atom. The second-order valence-corrected chi connectivity index (χ2v) is 7.17. The van der Waals surface area contributed by atoms with Crippen LogP contribution in [0.4, 0.5) is 11.4 Å². The van der Waals surface area contributed by atoms with E-state index in [0.29, 0.717) is 5.69 Å². The van der Waals surface area contributed by atoms with E-state index in [2.05, 4.69) is 9.71 Å². The van der Waals surface area contributed by atoms with Crippen LogP contribution in [0.2, 0.25) is 0 Å². The summed E-state index contributed by atoms with van der Waals surface area (Å²) in [6, 6.07) is 13.7. The number of sulfonamides is 1. The molecule has 5 nitrogen and oxygen atoms in total. The highest BCUT2D eigenvalue weighted by molar-refractivity contribution is 7.98. The number of para-hydroxylation sites is 1. The first-order valence-electron chi connectivity index (χ1n) is 6.36. The number of hydrogen-bond donors (Lipinski definition) is 1. The first-order valence-corrected chi connectivity index (χ1v) is 9.47. The third kappa shape index (κ3) is 4.51. The number of anilines is 1. The van der Waals surface area contributed by atoms with Crippen molar-refractivity contribution < 1.29 is 13.5 Å². The molecule has 1 N–H and O–H groups in total. The molecular formula is C15H15N2O3S2-. The van der Waals surface area contributed by atoms with Gasteiger partial charge in [-0.3, -0.25) is 9.71 Å². The summed E-state index contributed by atoms with van der Waals surface area (Å²) in [5.41, 5.74) is 0.966. The summed E-state index contributed by atoms with van der Waals surface area (Å²) < 4.78 is 25.0. The van der Waals surface area contributed by atoms with Crippen LogP contribution in [-0.4, -0.2) is 26.8 Å². The molecule has 0 aliphatic carbocycles. The fraction of sp³-hybridized carbons (Fsp3) is 0.133. The lowest BCUT2D eigenvalue weighted by Gasteiger charge is -2.16. The highest BCUT2D eigenvalue weighted by atomic mass is 32.2. The molecule has 0 aromatic heterocycles. The molecule has 116 valence electrons. The van der Waals surface area contributed by atoms with Gasteiger partial charge in [-0.25, -0.2) is 8.42 Å². The van der Waals surface area contributed by atoms with Gasteiger partial charge in [-0.2, -0.15) is 0 Å². The van der Waals surface area contributed by atoms with Crippen LogP contribution in [0.3, 0.4) is 0 Å². The zero-order chi connectivity index (χ0) is 16.2. The summed E-state index contributed by atoms with van der Waals surface area (Å²) in [4.78, 5) is 5.04. The quantitative estimate of drug-likeness (QED) is 0.516. The summed E-state index contributed by atoms with van der Waals surface area (Å²) in [6.07, 6.45) is 2.97. The second-order valence-electron chi connectivity index (χ2n) is 4.54. The standard InChI is InChI=1S/C15H16N2O3S2/c1-21-12-7-5-6-11(10-12)16-15(18)13-8-3-4-9-14(13)17-22(2,19)20/h3-10,17H,1-2H3,(H,16,18)/p-1. The van der Waals surface area contributed by atoms with E-state index in [1.165, 1.54) is 12.1 Å². The first-order chi connectivity index (χ1) is 10.4. The van der Waals surface area contributed by atoms with E-state index in [1.807, 2.05) is 18.4 Å². The molecule has 0 atom stereocenters. The molecule has 0 fully saturated rings. The van der Waals surface area contributed by atoms with Gasteiger partial charge in [0.2, 0.25) is 10.0 Å². The van der Waals surface area contributed by atoms with Crippen molar-refractivity contribution in [3.8, 4) is 0 Å². The van der Waals surface area contributed by atoms with Gasteiger partial charge in [-0.15, -0.1) is 11.8 Å². The number of nitrogens with one attached hydrogen (secondary N) is 1. The van der Waals surface area contributed by atoms with Gasteiger partial charge in [0.1, 0.15) is 0 Å². The summed E-state index contributed by atoms with van der Waals surface area (Å²) in [5.74, 6) is -0.495. The van der Waals surface area contributed by atoms with Crippen LogP contribution in [0, 0.1) is 0 Å². The Labute approximate surface area is 134 Å². The van der Waals surface area contributed by atoms with Crippen LogP contribution < -0.4 is 9.83 Å². The second kappa shape index (κ2) is 6.85. The minimum atomic E-state index is -3.46. The molecule has 0 unspecified atom stereocenters. The summed E-state index contributed by atoms with van der Waals surface area (Å²) >= 11 is 1.55. The summed E-state index contributed by atoms with van der Waals surface area (Å²) in [7, 11) is -3.46. The Morgan fingerprint density at radius 3 is 2.59 bits per heavy atom. The minimum Gasteiger partial charge on any atom is -0.858 e. The van der Waals surface area contributed by atoms with Crippen LogP contribution in [0.5, 0.6) is 0 Å². The monoisotopic (exact) mass is 335 g/mol. The maximum atomic E-state index is 12.3. The van der Waals surface area contributed by atoms with Gasteiger partial charge < -0.3 is 5.11 Å². The van der Waals surface area contributed by atoms with Crippen molar-refractivity contribution in [1.29, 1.82) is 0 Å². The maximum absolute atomic E-state index is 12.3. The Kier molecular flexibility index (Phi) is 5.10. The number of thioether (sulfide) groups is 1. The fourth-order valence-electron chi connectivity index (χ4n) is 1.82. The molecule has 22 heavy (non-hydrogen) atoms. The number of rotatable bonds is 5. The Morgan fingerprint density at radius 1 is 1.18 bits per heavy atom. The third-order valence-corrected chi connectivity index (χ3v) is 4.05. The van der Waals surface area contributed by atoms with E-state index in [-0.39, 0.29) is 11.3 Å². The van der Waals surface area contributed by atoms with Crippen molar-refractivity contribution >= 4 is 39.1 Å². The lowest BCUT2D eigenvalue weighted by atomic mass is 10.2. The summed E-state index contributed by atoms with van der Waals surface area (Å²) in [6.45, 7) is 0. The lowest BCUT2D eigenvalue weighted by molar-refractivity contribution is -0.212. The Bertz CT molecular complexity index is 802. The Balaban J connectivity index is 2.40. The molecule has 0 saturated heterocycles. The predicted molar refractivity (Wildman–Crippen MR) is 89.3 cm³/mol. The van der Waals surface area contributed by atoms with E-state index in [0.717, 1.165) is 11.2 Å². The van der Waals surface area contributed by atoms with Crippen LogP contribution in [0.1, 0.15) is 5.56 Å². The van der Waals surface area contributed by atoms with Gasteiger partial charge in [-0.1, -0.05) is 24.3 Å². The summed E-state index contributed by atoms with van der Waals surface area (Å²) in [5, 5.41) is 12.3. The molecule has 0 bridgehead atoms. The molecule has 2 aromatic carbocycles. The molecule has 2 aromatic rings.